The SMILES string of the molecule is COC(=O)c1cc(-c2ccc(Oc3ccccc3)cc2)c(=O)n2ccc3ccsc3c12. The van der Waals surface area contributed by atoms with E-state index in [0.717, 1.165) is 15.8 Å². The molecule has 31 heavy (non-hydrogen) atoms. The normalized spacial score (nSPS) is 11.0. The summed E-state index contributed by atoms with van der Waals surface area (Å²) >= 11 is 1.49. The van der Waals surface area contributed by atoms with Crippen LogP contribution in [0.1, 0.15) is 10.4 Å². The summed E-state index contributed by atoms with van der Waals surface area (Å²) in [5, 5.41) is 2.92. The van der Waals surface area contributed by atoms with Crippen molar-refractivity contribution in [3.05, 3.63) is 100 Å². The fourth-order valence-corrected chi connectivity index (χ4v) is 4.55. The number of para-hydroxylation sites is 1. The first-order valence-electron chi connectivity index (χ1n) is 9.63. The van der Waals surface area contributed by atoms with Crippen LogP contribution in [-0.4, -0.2) is 17.5 Å². The molecule has 5 aromatic rings. The maximum atomic E-state index is 13.3. The summed E-state index contributed by atoms with van der Waals surface area (Å²) in [5.41, 5.74) is 1.83. The van der Waals surface area contributed by atoms with Crippen molar-refractivity contribution in [1.82, 2.24) is 4.40 Å². The number of pyridine rings is 2. The van der Waals surface area contributed by atoms with E-state index in [-0.39, 0.29) is 5.56 Å². The highest BCUT2D eigenvalue weighted by Gasteiger charge is 2.19. The molecule has 152 valence electrons. The zero-order valence-corrected chi connectivity index (χ0v) is 17.4. The zero-order valence-electron chi connectivity index (χ0n) is 16.6. The number of fused-ring (bicyclic) bond motifs is 3. The van der Waals surface area contributed by atoms with Crippen molar-refractivity contribution in [2.75, 3.05) is 7.11 Å². The molecule has 0 aliphatic heterocycles. The third-order valence-electron chi connectivity index (χ3n) is 5.10. The summed E-state index contributed by atoms with van der Waals surface area (Å²) in [7, 11) is 1.34. The van der Waals surface area contributed by atoms with Gasteiger partial charge in [0, 0.05) is 11.8 Å². The number of methoxy groups -OCH3 is 1. The smallest absolute Gasteiger partial charge is 0.340 e. The molecule has 2 aromatic carbocycles. The van der Waals surface area contributed by atoms with Gasteiger partial charge in [-0.05, 0) is 58.8 Å². The molecule has 0 saturated heterocycles. The first-order valence-corrected chi connectivity index (χ1v) is 10.5. The van der Waals surface area contributed by atoms with Gasteiger partial charge in [-0.15, -0.1) is 11.3 Å². The van der Waals surface area contributed by atoms with E-state index >= 15 is 0 Å². The molecule has 5 nitrogen and oxygen atoms in total. The molecule has 0 aliphatic rings. The van der Waals surface area contributed by atoms with Gasteiger partial charge in [-0.1, -0.05) is 30.3 Å². The van der Waals surface area contributed by atoms with Gasteiger partial charge in [0.2, 0.25) is 0 Å². The van der Waals surface area contributed by atoms with Gasteiger partial charge in [0.05, 0.1) is 22.9 Å². The number of ether oxygens (including phenoxy) is 2. The van der Waals surface area contributed by atoms with Crippen LogP contribution in [0.15, 0.2) is 89.2 Å². The molecule has 0 aliphatic carbocycles. The zero-order chi connectivity index (χ0) is 21.4. The fourth-order valence-electron chi connectivity index (χ4n) is 3.61. The standard InChI is InChI=1S/C25H17NO4S/c1-29-25(28)21-15-20(24(27)26-13-11-17-12-14-31-23(17)22(21)26)16-7-9-19(10-8-16)30-18-5-3-2-4-6-18/h2-15H,1H3. The number of rotatable bonds is 4. The van der Waals surface area contributed by atoms with Crippen molar-refractivity contribution >= 4 is 32.9 Å². The molecule has 3 aromatic heterocycles. The van der Waals surface area contributed by atoms with Crippen LogP contribution >= 0.6 is 11.3 Å². The van der Waals surface area contributed by atoms with Crippen LogP contribution in [-0.2, 0) is 4.74 Å². The summed E-state index contributed by atoms with van der Waals surface area (Å²) in [6.07, 6.45) is 1.70. The number of hydrogen-bond donors (Lipinski definition) is 0. The third kappa shape index (κ3) is 3.37. The minimum Gasteiger partial charge on any atom is -0.465 e. The van der Waals surface area contributed by atoms with Crippen LogP contribution in [0, 0.1) is 0 Å². The lowest BCUT2D eigenvalue weighted by Gasteiger charge is -2.12. The average Bonchev–Trinajstić information content (AvgIpc) is 3.29. The number of benzene rings is 2. The van der Waals surface area contributed by atoms with Gasteiger partial charge in [-0.25, -0.2) is 4.79 Å². The Hall–Kier alpha value is -3.90. The monoisotopic (exact) mass is 427 g/mol. The van der Waals surface area contributed by atoms with E-state index in [4.69, 9.17) is 9.47 Å². The van der Waals surface area contributed by atoms with E-state index in [9.17, 15) is 9.59 Å². The van der Waals surface area contributed by atoms with Crippen molar-refractivity contribution < 1.29 is 14.3 Å². The molecule has 0 radical (unpaired) electrons. The van der Waals surface area contributed by atoms with Gasteiger partial charge < -0.3 is 9.47 Å². The number of esters is 1. The maximum Gasteiger partial charge on any atom is 0.340 e. The molecule has 0 amide bonds. The van der Waals surface area contributed by atoms with Crippen molar-refractivity contribution in [3.8, 4) is 22.6 Å². The summed E-state index contributed by atoms with van der Waals surface area (Å²) in [6, 6.07) is 22.2. The third-order valence-corrected chi connectivity index (χ3v) is 6.03. The lowest BCUT2D eigenvalue weighted by molar-refractivity contribution is 0.0602. The van der Waals surface area contributed by atoms with Gasteiger partial charge >= 0.3 is 5.97 Å². The molecule has 5 rings (SSSR count). The summed E-state index contributed by atoms with van der Waals surface area (Å²) in [6.45, 7) is 0. The average molecular weight is 427 g/mol. The van der Waals surface area contributed by atoms with Crippen LogP contribution in [0.2, 0.25) is 0 Å². The van der Waals surface area contributed by atoms with Gasteiger partial charge in [0.15, 0.2) is 0 Å². The molecule has 0 atom stereocenters. The highest BCUT2D eigenvalue weighted by Crippen LogP contribution is 2.30. The predicted molar refractivity (Wildman–Crippen MR) is 122 cm³/mol. The number of aromatic nitrogens is 1. The van der Waals surface area contributed by atoms with Crippen molar-refractivity contribution in [2.24, 2.45) is 0 Å². The number of hydrogen-bond acceptors (Lipinski definition) is 5. The molecule has 0 saturated carbocycles. The van der Waals surface area contributed by atoms with Crippen LogP contribution in [0.4, 0.5) is 0 Å². The quantitative estimate of drug-likeness (QED) is 0.342. The Bertz CT molecular complexity index is 1470. The highest BCUT2D eigenvalue weighted by atomic mass is 32.1. The van der Waals surface area contributed by atoms with E-state index in [1.807, 2.05) is 60.0 Å². The first kappa shape index (κ1) is 19.1. The molecular weight excluding hydrogens is 410 g/mol. The minimum atomic E-state index is -0.483. The van der Waals surface area contributed by atoms with E-state index in [2.05, 4.69) is 0 Å². The molecule has 6 heteroatoms. The summed E-state index contributed by atoms with van der Waals surface area (Å²) in [5.74, 6) is 0.905. The number of carbonyl (C=O) groups excluding carboxylic acids is 1. The van der Waals surface area contributed by atoms with Crippen LogP contribution in [0.5, 0.6) is 11.5 Å². The molecule has 3 heterocycles. The van der Waals surface area contributed by atoms with Gasteiger partial charge in [0.1, 0.15) is 11.5 Å². The largest absolute Gasteiger partial charge is 0.465 e. The topological polar surface area (TPSA) is 57.0 Å². The second-order valence-corrected chi connectivity index (χ2v) is 7.86. The first-order chi connectivity index (χ1) is 15.2. The Morgan fingerprint density at radius 1 is 0.935 bits per heavy atom. The van der Waals surface area contributed by atoms with Crippen molar-refractivity contribution in [2.45, 2.75) is 0 Å². The summed E-state index contributed by atoms with van der Waals surface area (Å²) in [4.78, 5) is 25.9. The van der Waals surface area contributed by atoms with Crippen LogP contribution < -0.4 is 10.3 Å². The molecule has 0 spiro atoms. The van der Waals surface area contributed by atoms with Crippen LogP contribution in [0.25, 0.3) is 26.7 Å². The Kier molecular flexibility index (Phi) is 4.76. The van der Waals surface area contributed by atoms with E-state index < -0.39 is 5.97 Å². The van der Waals surface area contributed by atoms with Crippen molar-refractivity contribution in [3.63, 3.8) is 0 Å². The molecule has 0 bridgehead atoms. The number of carbonyl (C=O) groups is 1. The molecule has 0 unspecified atom stereocenters. The highest BCUT2D eigenvalue weighted by molar-refractivity contribution is 7.18. The minimum absolute atomic E-state index is 0.199. The Labute approximate surface area is 181 Å². The lowest BCUT2D eigenvalue weighted by Crippen LogP contribution is -2.19. The predicted octanol–water partition coefficient (Wildman–Crippen LogP) is 5.76. The van der Waals surface area contributed by atoms with Crippen molar-refractivity contribution in [1.29, 1.82) is 0 Å². The number of thiophene rings is 1. The molecule has 0 fully saturated rings. The maximum absolute atomic E-state index is 13.3. The Balaban J connectivity index is 1.65. The second kappa shape index (κ2) is 7.74. The second-order valence-electron chi connectivity index (χ2n) is 6.95. The lowest BCUT2D eigenvalue weighted by atomic mass is 10.0. The number of nitrogens with zero attached hydrogens (tertiary/aromatic N) is 1. The summed E-state index contributed by atoms with van der Waals surface area (Å²) < 4.78 is 13.2. The fraction of sp³-hybridized carbons (Fsp3) is 0.0400. The molecule has 0 N–H and O–H groups in total. The van der Waals surface area contributed by atoms with E-state index in [1.165, 1.54) is 22.8 Å². The van der Waals surface area contributed by atoms with E-state index in [0.29, 0.717) is 28.0 Å². The Morgan fingerprint density at radius 2 is 1.68 bits per heavy atom. The van der Waals surface area contributed by atoms with Crippen LogP contribution in [0.3, 0.4) is 0 Å². The Morgan fingerprint density at radius 3 is 2.42 bits per heavy atom. The van der Waals surface area contributed by atoms with E-state index in [1.54, 1.807) is 24.4 Å². The van der Waals surface area contributed by atoms with Gasteiger partial charge in [0.25, 0.3) is 5.56 Å². The molecular formula is C25H17NO4S. The van der Waals surface area contributed by atoms with Gasteiger partial charge in [-0.2, -0.15) is 0 Å². The van der Waals surface area contributed by atoms with Gasteiger partial charge in [-0.3, -0.25) is 9.20 Å².